The standard InChI is InChI=1S/C16H24N2O2/c1-3-16(19)17-13(2)15-12-18(9-10-20-15)11-14-7-5-4-6-8-14/h4-8,13,15H,3,9-12H2,1-2H3,(H,17,19)/t13-,15+/m0/s1. The number of hydrogen-bond donors (Lipinski definition) is 1. The predicted molar refractivity (Wildman–Crippen MR) is 79.4 cm³/mol. The van der Waals surface area contributed by atoms with Gasteiger partial charge in [-0.1, -0.05) is 37.3 Å². The van der Waals surface area contributed by atoms with Crippen LogP contribution in [0.2, 0.25) is 0 Å². The van der Waals surface area contributed by atoms with Crippen molar-refractivity contribution in [3.8, 4) is 0 Å². The van der Waals surface area contributed by atoms with Gasteiger partial charge in [0.15, 0.2) is 0 Å². The number of nitrogens with zero attached hydrogens (tertiary/aromatic N) is 1. The van der Waals surface area contributed by atoms with Crippen LogP contribution in [0.5, 0.6) is 0 Å². The van der Waals surface area contributed by atoms with Gasteiger partial charge in [-0.15, -0.1) is 0 Å². The van der Waals surface area contributed by atoms with Crippen LogP contribution < -0.4 is 5.32 Å². The lowest BCUT2D eigenvalue weighted by atomic mass is 10.1. The van der Waals surface area contributed by atoms with E-state index in [-0.39, 0.29) is 18.1 Å². The van der Waals surface area contributed by atoms with Crippen molar-refractivity contribution in [1.29, 1.82) is 0 Å². The number of carbonyl (C=O) groups is 1. The number of hydrogen-bond acceptors (Lipinski definition) is 3. The summed E-state index contributed by atoms with van der Waals surface area (Å²) in [4.78, 5) is 13.8. The lowest BCUT2D eigenvalue weighted by Gasteiger charge is -2.36. The van der Waals surface area contributed by atoms with Gasteiger partial charge in [0.25, 0.3) is 0 Å². The molecule has 1 aromatic carbocycles. The molecule has 110 valence electrons. The van der Waals surface area contributed by atoms with E-state index in [1.54, 1.807) is 0 Å². The fourth-order valence-electron chi connectivity index (χ4n) is 2.47. The molecular formula is C16H24N2O2. The van der Waals surface area contributed by atoms with Gasteiger partial charge in [-0.3, -0.25) is 9.69 Å². The molecule has 1 N–H and O–H groups in total. The Morgan fingerprint density at radius 1 is 1.45 bits per heavy atom. The summed E-state index contributed by atoms with van der Waals surface area (Å²) < 4.78 is 5.80. The van der Waals surface area contributed by atoms with E-state index in [2.05, 4.69) is 34.5 Å². The molecule has 4 nitrogen and oxygen atoms in total. The van der Waals surface area contributed by atoms with Crippen LogP contribution in [0.1, 0.15) is 25.8 Å². The van der Waals surface area contributed by atoms with Crippen molar-refractivity contribution in [1.82, 2.24) is 10.2 Å². The van der Waals surface area contributed by atoms with E-state index in [0.29, 0.717) is 6.42 Å². The predicted octanol–water partition coefficient (Wildman–Crippen LogP) is 1.80. The zero-order valence-electron chi connectivity index (χ0n) is 12.3. The maximum absolute atomic E-state index is 11.5. The first-order chi connectivity index (χ1) is 9.69. The number of amides is 1. The average molecular weight is 276 g/mol. The minimum Gasteiger partial charge on any atom is -0.373 e. The van der Waals surface area contributed by atoms with Gasteiger partial charge in [-0.2, -0.15) is 0 Å². The highest BCUT2D eigenvalue weighted by Gasteiger charge is 2.26. The summed E-state index contributed by atoms with van der Waals surface area (Å²) in [5, 5.41) is 2.99. The zero-order chi connectivity index (χ0) is 14.4. The van der Waals surface area contributed by atoms with Crippen LogP contribution in [0.4, 0.5) is 0 Å². The Labute approximate surface area is 121 Å². The second kappa shape index (κ2) is 7.41. The van der Waals surface area contributed by atoms with Gasteiger partial charge in [-0.05, 0) is 12.5 Å². The molecule has 0 unspecified atom stereocenters. The molecule has 1 aromatic rings. The third-order valence-electron chi connectivity index (χ3n) is 3.69. The van der Waals surface area contributed by atoms with Crippen LogP contribution in [-0.2, 0) is 16.1 Å². The molecular weight excluding hydrogens is 252 g/mol. The molecule has 1 aliphatic heterocycles. The summed E-state index contributed by atoms with van der Waals surface area (Å²) >= 11 is 0. The molecule has 0 radical (unpaired) electrons. The molecule has 0 aliphatic carbocycles. The summed E-state index contributed by atoms with van der Waals surface area (Å²) in [6.45, 7) is 7.36. The Bertz CT molecular complexity index is 422. The molecule has 1 fully saturated rings. The Balaban J connectivity index is 1.86. The van der Waals surface area contributed by atoms with Crippen molar-refractivity contribution in [3.05, 3.63) is 35.9 Å². The molecule has 0 spiro atoms. The molecule has 4 heteroatoms. The number of nitrogens with one attached hydrogen (secondary N) is 1. The van der Waals surface area contributed by atoms with Crippen LogP contribution in [0.3, 0.4) is 0 Å². The lowest BCUT2D eigenvalue weighted by Crippen LogP contribution is -2.51. The maximum atomic E-state index is 11.5. The van der Waals surface area contributed by atoms with Crippen molar-refractivity contribution < 1.29 is 9.53 Å². The van der Waals surface area contributed by atoms with E-state index in [1.165, 1.54) is 5.56 Å². The molecule has 1 aliphatic rings. The minimum atomic E-state index is 0.0565. The molecule has 0 saturated carbocycles. The Hall–Kier alpha value is -1.39. The second-order valence-electron chi connectivity index (χ2n) is 5.34. The summed E-state index contributed by atoms with van der Waals surface area (Å²) in [7, 11) is 0. The van der Waals surface area contributed by atoms with Gasteiger partial charge in [-0.25, -0.2) is 0 Å². The first-order valence-corrected chi connectivity index (χ1v) is 7.36. The first kappa shape index (κ1) is 15.0. The molecule has 0 aromatic heterocycles. The van der Waals surface area contributed by atoms with Crippen LogP contribution in [0.15, 0.2) is 30.3 Å². The topological polar surface area (TPSA) is 41.6 Å². The Kier molecular flexibility index (Phi) is 5.56. The summed E-state index contributed by atoms with van der Waals surface area (Å²) in [5.74, 6) is 0.0845. The Morgan fingerprint density at radius 3 is 2.90 bits per heavy atom. The van der Waals surface area contributed by atoms with E-state index in [9.17, 15) is 4.79 Å². The molecule has 2 atom stereocenters. The number of morpholine rings is 1. The largest absolute Gasteiger partial charge is 0.373 e. The highest BCUT2D eigenvalue weighted by Crippen LogP contribution is 2.12. The molecule has 1 saturated heterocycles. The van der Waals surface area contributed by atoms with Gasteiger partial charge in [0.1, 0.15) is 0 Å². The highest BCUT2D eigenvalue weighted by atomic mass is 16.5. The van der Waals surface area contributed by atoms with Crippen molar-refractivity contribution in [2.24, 2.45) is 0 Å². The van der Waals surface area contributed by atoms with Crippen LogP contribution >= 0.6 is 0 Å². The average Bonchev–Trinajstić information content (AvgIpc) is 2.48. The van der Waals surface area contributed by atoms with E-state index < -0.39 is 0 Å². The second-order valence-corrected chi connectivity index (χ2v) is 5.34. The van der Waals surface area contributed by atoms with Crippen LogP contribution in [0, 0.1) is 0 Å². The number of carbonyl (C=O) groups excluding carboxylic acids is 1. The van der Waals surface area contributed by atoms with Crippen LogP contribution in [-0.4, -0.2) is 42.6 Å². The molecule has 1 heterocycles. The number of benzene rings is 1. The highest BCUT2D eigenvalue weighted by molar-refractivity contribution is 5.75. The summed E-state index contributed by atoms with van der Waals surface area (Å²) in [5.41, 5.74) is 1.32. The SMILES string of the molecule is CCC(=O)N[C@@H](C)[C@H]1CN(Cc2ccccc2)CCO1. The zero-order valence-corrected chi connectivity index (χ0v) is 12.3. The van der Waals surface area contributed by atoms with Gasteiger partial charge in [0, 0.05) is 26.1 Å². The third-order valence-corrected chi connectivity index (χ3v) is 3.69. The fraction of sp³-hybridized carbons (Fsp3) is 0.562. The fourth-order valence-corrected chi connectivity index (χ4v) is 2.47. The number of ether oxygens (including phenoxy) is 1. The van der Waals surface area contributed by atoms with E-state index in [1.807, 2.05) is 19.9 Å². The smallest absolute Gasteiger partial charge is 0.220 e. The van der Waals surface area contributed by atoms with Gasteiger partial charge < -0.3 is 10.1 Å². The van der Waals surface area contributed by atoms with Crippen molar-refractivity contribution in [2.45, 2.75) is 39.0 Å². The van der Waals surface area contributed by atoms with Crippen molar-refractivity contribution in [2.75, 3.05) is 19.7 Å². The minimum absolute atomic E-state index is 0.0565. The summed E-state index contributed by atoms with van der Waals surface area (Å²) in [6.07, 6.45) is 0.591. The molecule has 1 amide bonds. The van der Waals surface area contributed by atoms with Crippen LogP contribution in [0.25, 0.3) is 0 Å². The third kappa shape index (κ3) is 4.32. The first-order valence-electron chi connectivity index (χ1n) is 7.36. The Morgan fingerprint density at radius 2 is 2.20 bits per heavy atom. The van der Waals surface area contributed by atoms with Gasteiger partial charge in [0.05, 0.1) is 18.8 Å². The number of rotatable bonds is 5. The molecule has 0 bridgehead atoms. The molecule has 20 heavy (non-hydrogen) atoms. The monoisotopic (exact) mass is 276 g/mol. The summed E-state index contributed by atoms with van der Waals surface area (Å²) in [6, 6.07) is 10.5. The van der Waals surface area contributed by atoms with E-state index in [0.717, 1.165) is 26.2 Å². The quantitative estimate of drug-likeness (QED) is 0.891. The van der Waals surface area contributed by atoms with E-state index >= 15 is 0 Å². The van der Waals surface area contributed by atoms with Crippen molar-refractivity contribution in [3.63, 3.8) is 0 Å². The lowest BCUT2D eigenvalue weighted by molar-refractivity contribution is -0.123. The van der Waals surface area contributed by atoms with Gasteiger partial charge >= 0.3 is 0 Å². The van der Waals surface area contributed by atoms with Gasteiger partial charge in [0.2, 0.25) is 5.91 Å². The normalized spacial score (nSPS) is 21.4. The molecule has 2 rings (SSSR count). The van der Waals surface area contributed by atoms with E-state index in [4.69, 9.17) is 4.74 Å². The maximum Gasteiger partial charge on any atom is 0.220 e. The van der Waals surface area contributed by atoms with Crippen molar-refractivity contribution >= 4 is 5.91 Å².